The molecule has 0 saturated heterocycles. The first kappa shape index (κ1) is 14.1. The number of esters is 1. The minimum atomic E-state index is -0.267. The van der Waals surface area contributed by atoms with Gasteiger partial charge in [-0.3, -0.25) is 4.79 Å². The summed E-state index contributed by atoms with van der Waals surface area (Å²) in [7, 11) is 1.38. The normalized spacial score (nSPS) is 14.1. The molecule has 0 radical (unpaired) electrons. The molecule has 7 heteroatoms. The SMILES string of the molecule is COC(=O)[C@@H](C)S[C@H](C)c1nnc(-c2cccs2)o1. The van der Waals surface area contributed by atoms with E-state index in [-0.39, 0.29) is 16.5 Å². The maximum atomic E-state index is 11.4. The third-order valence-corrected chi connectivity index (χ3v) is 4.53. The van der Waals surface area contributed by atoms with Crippen LogP contribution in [-0.2, 0) is 9.53 Å². The highest BCUT2D eigenvalue weighted by Gasteiger charge is 2.22. The summed E-state index contributed by atoms with van der Waals surface area (Å²) >= 11 is 2.97. The van der Waals surface area contributed by atoms with Crippen LogP contribution in [0.2, 0.25) is 0 Å². The van der Waals surface area contributed by atoms with Crippen molar-refractivity contribution < 1.29 is 13.9 Å². The molecule has 2 aromatic rings. The highest BCUT2D eigenvalue weighted by molar-refractivity contribution is 8.00. The molecule has 0 N–H and O–H groups in total. The Kier molecular flexibility index (Phi) is 4.60. The summed E-state index contributed by atoms with van der Waals surface area (Å²) in [6.07, 6.45) is 0. The van der Waals surface area contributed by atoms with Crippen molar-refractivity contribution in [2.24, 2.45) is 0 Å². The van der Waals surface area contributed by atoms with Gasteiger partial charge in [0.1, 0.15) is 5.25 Å². The minimum Gasteiger partial charge on any atom is -0.468 e. The maximum Gasteiger partial charge on any atom is 0.318 e. The Bertz CT molecular complexity index is 539. The summed E-state index contributed by atoms with van der Waals surface area (Å²) in [6.45, 7) is 3.72. The van der Waals surface area contributed by atoms with E-state index in [1.165, 1.54) is 18.9 Å². The standard InChI is InChI=1S/C12H14N2O3S2/c1-7(19-8(2)12(15)16-3)10-13-14-11(17-10)9-5-4-6-18-9/h4-8H,1-3H3/t7-,8-/m1/s1. The first-order valence-electron chi connectivity index (χ1n) is 5.72. The quantitative estimate of drug-likeness (QED) is 0.790. The molecule has 0 amide bonds. The molecule has 0 saturated carbocycles. The molecule has 0 spiro atoms. The van der Waals surface area contributed by atoms with Crippen molar-refractivity contribution in [1.82, 2.24) is 10.2 Å². The second-order valence-corrected chi connectivity index (χ2v) is 6.50. The number of thiophene rings is 1. The van der Waals surface area contributed by atoms with Crippen LogP contribution in [0.1, 0.15) is 25.0 Å². The topological polar surface area (TPSA) is 65.2 Å². The smallest absolute Gasteiger partial charge is 0.318 e. The monoisotopic (exact) mass is 298 g/mol. The summed E-state index contributed by atoms with van der Waals surface area (Å²) in [6, 6.07) is 3.86. The zero-order valence-electron chi connectivity index (χ0n) is 10.8. The van der Waals surface area contributed by atoms with Gasteiger partial charge in [0.15, 0.2) is 0 Å². The average molecular weight is 298 g/mol. The van der Waals surface area contributed by atoms with Crippen molar-refractivity contribution in [2.75, 3.05) is 7.11 Å². The Morgan fingerprint density at radius 3 is 2.89 bits per heavy atom. The summed E-state index contributed by atoms with van der Waals surface area (Å²) < 4.78 is 10.3. The molecule has 0 unspecified atom stereocenters. The Morgan fingerprint density at radius 1 is 1.47 bits per heavy atom. The molecule has 0 fully saturated rings. The zero-order valence-corrected chi connectivity index (χ0v) is 12.5. The lowest BCUT2D eigenvalue weighted by Crippen LogP contribution is -2.15. The van der Waals surface area contributed by atoms with Crippen molar-refractivity contribution in [3.63, 3.8) is 0 Å². The number of ether oxygens (including phenoxy) is 1. The molecule has 102 valence electrons. The highest BCUT2D eigenvalue weighted by atomic mass is 32.2. The number of carbonyl (C=O) groups excluding carboxylic acids is 1. The lowest BCUT2D eigenvalue weighted by Gasteiger charge is -2.11. The number of rotatable bonds is 5. The van der Waals surface area contributed by atoms with Gasteiger partial charge in [-0.1, -0.05) is 6.07 Å². The van der Waals surface area contributed by atoms with Crippen molar-refractivity contribution in [1.29, 1.82) is 0 Å². The van der Waals surface area contributed by atoms with Gasteiger partial charge in [-0.2, -0.15) is 0 Å². The van der Waals surface area contributed by atoms with Crippen LogP contribution in [0.15, 0.2) is 21.9 Å². The van der Waals surface area contributed by atoms with Crippen LogP contribution in [0.3, 0.4) is 0 Å². The Morgan fingerprint density at radius 2 is 2.26 bits per heavy atom. The van der Waals surface area contributed by atoms with Gasteiger partial charge >= 0.3 is 5.97 Å². The van der Waals surface area contributed by atoms with Gasteiger partial charge in [0.05, 0.1) is 17.2 Å². The number of nitrogens with zero attached hydrogens (tertiary/aromatic N) is 2. The molecular formula is C12H14N2O3S2. The molecule has 2 heterocycles. The first-order chi connectivity index (χ1) is 9.11. The number of methoxy groups -OCH3 is 1. The van der Waals surface area contributed by atoms with E-state index in [2.05, 4.69) is 14.9 Å². The Balaban J connectivity index is 2.04. The van der Waals surface area contributed by atoms with Crippen molar-refractivity contribution in [3.8, 4) is 10.8 Å². The van der Waals surface area contributed by atoms with Crippen LogP contribution in [0.4, 0.5) is 0 Å². The summed E-state index contributed by atoms with van der Waals surface area (Å²) in [5, 5.41) is 9.67. The van der Waals surface area contributed by atoms with Gasteiger partial charge in [0.2, 0.25) is 5.89 Å². The predicted octanol–water partition coefficient (Wildman–Crippen LogP) is 3.15. The van der Waals surface area contributed by atoms with Gasteiger partial charge in [-0.25, -0.2) is 0 Å². The van der Waals surface area contributed by atoms with E-state index in [0.717, 1.165) is 4.88 Å². The van der Waals surface area contributed by atoms with E-state index >= 15 is 0 Å². The van der Waals surface area contributed by atoms with Crippen LogP contribution >= 0.6 is 23.1 Å². The van der Waals surface area contributed by atoms with Crippen LogP contribution in [0.5, 0.6) is 0 Å². The van der Waals surface area contributed by atoms with E-state index in [4.69, 9.17) is 4.42 Å². The number of carbonyl (C=O) groups is 1. The molecule has 2 atom stereocenters. The van der Waals surface area contributed by atoms with E-state index in [9.17, 15) is 4.79 Å². The summed E-state index contributed by atoms with van der Waals surface area (Å²) in [5.41, 5.74) is 0. The zero-order chi connectivity index (χ0) is 13.8. The first-order valence-corrected chi connectivity index (χ1v) is 7.54. The Labute approximate surface area is 119 Å². The fourth-order valence-electron chi connectivity index (χ4n) is 1.48. The summed E-state index contributed by atoms with van der Waals surface area (Å²) in [4.78, 5) is 12.3. The van der Waals surface area contributed by atoms with E-state index in [1.807, 2.05) is 24.4 Å². The number of hydrogen-bond acceptors (Lipinski definition) is 7. The molecule has 0 aromatic carbocycles. The number of hydrogen-bond donors (Lipinski definition) is 0. The second-order valence-electron chi connectivity index (χ2n) is 3.87. The van der Waals surface area contributed by atoms with Gasteiger partial charge in [0.25, 0.3) is 5.89 Å². The van der Waals surface area contributed by atoms with Gasteiger partial charge in [0, 0.05) is 0 Å². The van der Waals surface area contributed by atoms with Gasteiger partial charge in [-0.15, -0.1) is 33.3 Å². The molecule has 19 heavy (non-hydrogen) atoms. The average Bonchev–Trinajstić information content (AvgIpc) is 3.07. The maximum absolute atomic E-state index is 11.4. The lowest BCUT2D eigenvalue weighted by molar-refractivity contribution is -0.139. The van der Waals surface area contributed by atoms with E-state index in [1.54, 1.807) is 18.3 Å². The van der Waals surface area contributed by atoms with Crippen molar-refractivity contribution in [3.05, 3.63) is 23.4 Å². The van der Waals surface area contributed by atoms with Crippen molar-refractivity contribution in [2.45, 2.75) is 24.3 Å². The van der Waals surface area contributed by atoms with E-state index < -0.39 is 0 Å². The molecule has 0 aliphatic carbocycles. The van der Waals surface area contributed by atoms with Gasteiger partial charge < -0.3 is 9.15 Å². The molecular weight excluding hydrogens is 284 g/mol. The summed E-state index contributed by atoms with van der Waals surface area (Å²) in [5.74, 6) is 0.780. The second kappa shape index (κ2) is 6.21. The largest absolute Gasteiger partial charge is 0.468 e. The molecule has 0 aliphatic rings. The molecule has 2 rings (SSSR count). The third kappa shape index (κ3) is 3.36. The lowest BCUT2D eigenvalue weighted by atomic mass is 10.5. The molecule has 0 bridgehead atoms. The molecule has 0 aliphatic heterocycles. The molecule has 2 aromatic heterocycles. The van der Waals surface area contributed by atoms with Crippen LogP contribution in [0, 0.1) is 0 Å². The molecule has 5 nitrogen and oxygen atoms in total. The fraction of sp³-hybridized carbons (Fsp3) is 0.417. The van der Waals surface area contributed by atoms with Crippen LogP contribution in [-0.4, -0.2) is 28.5 Å². The highest BCUT2D eigenvalue weighted by Crippen LogP contribution is 2.33. The fourth-order valence-corrected chi connectivity index (χ4v) is 3.16. The number of thioether (sulfide) groups is 1. The van der Waals surface area contributed by atoms with Crippen molar-refractivity contribution >= 4 is 29.1 Å². The third-order valence-electron chi connectivity index (χ3n) is 2.46. The van der Waals surface area contributed by atoms with Gasteiger partial charge in [-0.05, 0) is 25.3 Å². The van der Waals surface area contributed by atoms with Crippen LogP contribution in [0.25, 0.3) is 10.8 Å². The van der Waals surface area contributed by atoms with E-state index in [0.29, 0.717) is 11.8 Å². The predicted molar refractivity (Wildman–Crippen MR) is 75.1 cm³/mol. The van der Waals surface area contributed by atoms with Crippen LogP contribution < -0.4 is 0 Å². The minimum absolute atomic E-state index is 0.0599. The Hall–Kier alpha value is -1.34. The number of aromatic nitrogens is 2.